The summed E-state index contributed by atoms with van der Waals surface area (Å²) >= 11 is 0. The van der Waals surface area contributed by atoms with Gasteiger partial charge >= 0.3 is 11.9 Å². The fraction of sp³-hybridized carbons (Fsp3) is 0.519. The normalized spacial score (nSPS) is 27.7. The van der Waals surface area contributed by atoms with E-state index >= 15 is 0 Å². The molecule has 0 amide bonds. The van der Waals surface area contributed by atoms with Crippen molar-refractivity contribution in [2.24, 2.45) is 5.11 Å². The number of carbonyl (C=O) groups is 2. The van der Waals surface area contributed by atoms with Gasteiger partial charge in [0.05, 0.1) is 49.9 Å². The van der Waals surface area contributed by atoms with Gasteiger partial charge in [-0.2, -0.15) is 0 Å². The number of carbonyl (C=O) groups excluding carboxylic acids is 2. The summed E-state index contributed by atoms with van der Waals surface area (Å²) in [6.45, 7) is 9.73. The van der Waals surface area contributed by atoms with Crippen LogP contribution in [0.15, 0.2) is 122 Å². The molecule has 0 radical (unpaired) electrons. The number of aryl methyl sites for hydroxylation is 4. The van der Waals surface area contributed by atoms with E-state index in [1.807, 2.05) is 6.92 Å². The highest BCUT2D eigenvalue weighted by Crippen LogP contribution is 2.37. The van der Waals surface area contributed by atoms with Crippen LogP contribution in [0.1, 0.15) is 68.7 Å². The van der Waals surface area contributed by atoms with Gasteiger partial charge < -0.3 is 43.4 Å². The number of sulfonamides is 4. The molecule has 2 heterocycles. The first-order valence-electron chi connectivity index (χ1n) is 26.9. The highest BCUT2D eigenvalue weighted by molar-refractivity contribution is 7.90. The maximum Gasteiger partial charge on any atom is 0.303 e. The predicted molar refractivity (Wildman–Crippen MR) is 300 cm³/mol. The van der Waals surface area contributed by atoms with Crippen LogP contribution in [0.3, 0.4) is 0 Å². The Morgan fingerprint density at radius 2 is 1.06 bits per heavy atom. The number of unbranched alkanes of at least 4 members (excludes halogenated alkanes) is 1. The molecule has 6 unspecified atom stereocenters. The second-order valence-corrected chi connectivity index (χ2v) is 27.7. The molecule has 3 fully saturated rings. The van der Waals surface area contributed by atoms with Crippen molar-refractivity contribution in [1.29, 1.82) is 0 Å². The van der Waals surface area contributed by atoms with Gasteiger partial charge in [0.25, 0.3) is 0 Å². The van der Waals surface area contributed by atoms with Crippen molar-refractivity contribution in [2.45, 2.75) is 179 Å². The molecule has 7 rings (SSSR count). The van der Waals surface area contributed by atoms with Crippen molar-refractivity contribution in [2.75, 3.05) is 19.8 Å². The molecule has 2 aliphatic heterocycles. The van der Waals surface area contributed by atoms with Crippen LogP contribution >= 0.6 is 0 Å². The van der Waals surface area contributed by atoms with Crippen molar-refractivity contribution in [3.63, 3.8) is 0 Å². The Morgan fingerprint density at radius 1 is 0.607 bits per heavy atom. The molecule has 26 nitrogen and oxygen atoms in total. The maximum absolute atomic E-state index is 14.6. The van der Waals surface area contributed by atoms with E-state index in [-0.39, 0.29) is 39.0 Å². The number of esters is 2. The lowest BCUT2D eigenvalue weighted by molar-refractivity contribution is -0.325. The maximum atomic E-state index is 14.6. The molecule has 30 heteroatoms. The van der Waals surface area contributed by atoms with Gasteiger partial charge in [0.1, 0.15) is 49.3 Å². The molecule has 6 N–H and O–H groups in total. The highest BCUT2D eigenvalue weighted by Gasteiger charge is 2.58. The summed E-state index contributed by atoms with van der Waals surface area (Å²) in [5, 5.41) is 30.0. The third kappa shape index (κ3) is 16.7. The van der Waals surface area contributed by atoms with Crippen molar-refractivity contribution in [1.82, 2.24) is 18.9 Å². The molecule has 4 aromatic rings. The third-order valence-corrected chi connectivity index (χ3v) is 20.1. The number of ether oxygens (including phenoxy) is 7. The Labute approximate surface area is 489 Å². The lowest BCUT2D eigenvalue weighted by Gasteiger charge is -2.51. The van der Waals surface area contributed by atoms with Crippen LogP contribution in [0.5, 0.6) is 0 Å². The Kier molecular flexibility index (Phi) is 22.3. The monoisotopic (exact) mass is 1250 g/mol. The molecular weight excluding hydrogens is 1180 g/mol. The van der Waals surface area contributed by atoms with Crippen LogP contribution < -0.4 is 18.9 Å². The summed E-state index contributed by atoms with van der Waals surface area (Å²) in [5.74, 6) is -1.70. The first kappa shape index (κ1) is 66.0. The van der Waals surface area contributed by atoms with Crippen LogP contribution in [0.2, 0.25) is 0 Å². The first-order valence-corrected chi connectivity index (χ1v) is 32.8. The van der Waals surface area contributed by atoms with Crippen molar-refractivity contribution in [3.05, 3.63) is 130 Å². The van der Waals surface area contributed by atoms with Crippen LogP contribution in [0.25, 0.3) is 10.4 Å². The van der Waals surface area contributed by atoms with Crippen molar-refractivity contribution in [3.8, 4) is 0 Å². The van der Waals surface area contributed by atoms with Gasteiger partial charge in [-0.3, -0.25) is 9.59 Å². The number of hydrogen-bond acceptors (Lipinski definition) is 20. The summed E-state index contributed by atoms with van der Waals surface area (Å²) in [6.07, 6.45) is -17.9. The van der Waals surface area contributed by atoms with Gasteiger partial charge in [0, 0.05) is 31.9 Å². The number of aliphatic hydroxyl groups excluding tert-OH is 2. The van der Waals surface area contributed by atoms with Gasteiger partial charge in [-0.15, -0.1) is 0 Å². The summed E-state index contributed by atoms with van der Waals surface area (Å²) in [7, 11) is -18.3. The molecule has 1 saturated carbocycles. The molecule has 3 aliphatic rings. The SMILES string of the molecule is CCCCOC1[C@@H](O[C@@H]2C(O)C(O[C@H]3O[C@H](CNS(=O)(=O)c4ccc(C)cc4)CCC3NS(=O)(=O)c3ccc(C)cc3)[C@@H](NS(=O)(=O)c3ccc(C)cc3)[C@@H](O)C2NS(=O)(=O)c2ccc(C)cc2)OC(COC(C)=O)[C@@H](OC(C)=O)[C@@H]1N=[N+]=[N-]. The zero-order valence-electron chi connectivity index (χ0n) is 47.1. The van der Waals surface area contributed by atoms with E-state index < -0.39 is 151 Å². The van der Waals surface area contributed by atoms with Gasteiger partial charge in [-0.1, -0.05) is 89.2 Å². The average Bonchev–Trinajstić information content (AvgIpc) is 1.38. The fourth-order valence-corrected chi connectivity index (χ4v) is 14.6. The molecule has 0 spiro atoms. The summed E-state index contributed by atoms with van der Waals surface area (Å²) in [6, 6.07) is 15.5. The second kappa shape index (κ2) is 28.3. The number of azide groups is 1. The minimum atomic E-state index is -4.82. The van der Waals surface area contributed by atoms with E-state index in [2.05, 4.69) is 28.9 Å². The number of nitrogens with zero attached hydrogens (tertiary/aromatic N) is 3. The number of hydrogen-bond donors (Lipinski definition) is 6. The highest BCUT2D eigenvalue weighted by atomic mass is 32.2. The number of benzene rings is 4. The van der Waals surface area contributed by atoms with Gasteiger partial charge in [-0.25, -0.2) is 52.6 Å². The average molecular weight is 1250 g/mol. The lowest BCUT2D eigenvalue weighted by Crippen LogP contribution is -2.74. The van der Waals surface area contributed by atoms with Crippen LogP contribution in [0, 0.1) is 27.7 Å². The largest absolute Gasteiger partial charge is 0.463 e. The molecule has 84 heavy (non-hydrogen) atoms. The summed E-state index contributed by atoms with van der Waals surface area (Å²) in [4.78, 5) is 26.9. The summed E-state index contributed by atoms with van der Waals surface area (Å²) < 4.78 is 167. The quantitative estimate of drug-likeness (QED) is 0.0182. The zero-order valence-corrected chi connectivity index (χ0v) is 50.3. The van der Waals surface area contributed by atoms with Gasteiger partial charge in [0.15, 0.2) is 12.6 Å². The van der Waals surface area contributed by atoms with E-state index in [4.69, 9.17) is 33.2 Å². The lowest BCUT2D eigenvalue weighted by atomic mass is 9.81. The second-order valence-electron chi connectivity index (χ2n) is 20.8. The van der Waals surface area contributed by atoms with Gasteiger partial charge in [0.2, 0.25) is 40.1 Å². The van der Waals surface area contributed by atoms with E-state index in [0.717, 1.165) is 25.0 Å². The topological polar surface area (TPSA) is 373 Å². The molecule has 460 valence electrons. The van der Waals surface area contributed by atoms with Crippen molar-refractivity contribution < 1.29 is 86.6 Å². The number of nitrogens with one attached hydrogen (secondary N) is 4. The molecule has 1 aliphatic carbocycles. The zero-order chi connectivity index (χ0) is 61.3. The van der Waals surface area contributed by atoms with Gasteiger partial charge in [-0.05, 0) is 101 Å². The smallest absolute Gasteiger partial charge is 0.303 e. The minimum absolute atomic E-state index is 0.0150. The van der Waals surface area contributed by atoms with E-state index in [1.54, 1.807) is 52.0 Å². The Bertz CT molecular complexity index is 3420. The van der Waals surface area contributed by atoms with Crippen molar-refractivity contribution >= 4 is 52.0 Å². The number of aliphatic hydroxyl groups is 2. The minimum Gasteiger partial charge on any atom is -0.463 e. The Hall–Kier alpha value is -5.51. The first-order chi connectivity index (χ1) is 39.6. The molecule has 0 bridgehead atoms. The van der Waals surface area contributed by atoms with Crippen LogP contribution in [-0.4, -0.2) is 161 Å². The van der Waals surface area contributed by atoms with E-state index in [0.29, 0.717) is 24.0 Å². The molecule has 14 atom stereocenters. The summed E-state index contributed by atoms with van der Waals surface area (Å²) in [5.41, 5.74) is 12.8. The Morgan fingerprint density at radius 3 is 1.50 bits per heavy atom. The molecular formula is C54H71N7O19S4. The van der Waals surface area contributed by atoms with Crippen LogP contribution in [-0.2, 0) is 82.8 Å². The van der Waals surface area contributed by atoms with Crippen LogP contribution in [0.4, 0.5) is 0 Å². The molecule has 2 saturated heterocycles. The third-order valence-electron chi connectivity index (χ3n) is 14.2. The van der Waals surface area contributed by atoms with E-state index in [9.17, 15) is 59.0 Å². The molecule has 4 aromatic carbocycles. The fourth-order valence-electron chi connectivity index (χ4n) is 9.71. The predicted octanol–water partition coefficient (Wildman–Crippen LogP) is 3.33. The van der Waals surface area contributed by atoms with E-state index in [1.165, 1.54) is 72.8 Å². The standard InChI is InChI=1S/C54H71N7O19S4/c1-8-9-28-74-52-46(57-61-55)49(76-36(7)63)43(30-75-35(6)62)78-54(52)80-51-45(60-84(72,73)41-25-16-34(5)17-26-41)47(64)44(59-83(70,71)40-23-14-33(4)15-24-40)50(48(51)65)79-53-42(58-82(68,69)39-21-12-32(3)13-22-39)27-18-37(77-53)29-56-81(66,67)38-19-10-31(2)11-20-38/h10-17,19-26,37,42-54,56,58-60,64-65H,8-9,18,27-30H2,1-7H3/t37-,42?,43?,44-,45?,46-,47+,48?,49+,50?,51-,52?,53+,54+/m0/s1. The number of rotatable bonds is 25. The molecule has 0 aromatic heterocycles. The Balaban J connectivity index is 1.38.